The van der Waals surface area contributed by atoms with E-state index < -0.39 is 16.6 Å². The van der Waals surface area contributed by atoms with Gasteiger partial charge < -0.3 is 4.12 Å². The number of benzene rings is 4. The molecule has 0 spiro atoms. The van der Waals surface area contributed by atoms with Crippen LogP contribution in [0.25, 0.3) is 44.1 Å². The van der Waals surface area contributed by atoms with Crippen LogP contribution in [0.1, 0.15) is 11.1 Å². The van der Waals surface area contributed by atoms with Gasteiger partial charge in [0, 0.05) is 21.9 Å². The molecule has 0 unspecified atom stereocenters. The van der Waals surface area contributed by atoms with Crippen LogP contribution < -0.4 is 10.4 Å². The Kier molecular flexibility index (Phi) is 4.91. The fourth-order valence-corrected chi connectivity index (χ4v) is 15.8. The Bertz CT molecular complexity index is 1500. The molecule has 4 aromatic carbocycles. The summed E-state index contributed by atoms with van der Waals surface area (Å²) >= 11 is 0. The van der Waals surface area contributed by atoms with Crippen molar-refractivity contribution in [3.8, 4) is 22.5 Å². The van der Waals surface area contributed by atoms with Gasteiger partial charge in [0.25, 0.3) is 0 Å². The first-order valence-corrected chi connectivity index (χ1v) is 18.1. The summed E-state index contributed by atoms with van der Waals surface area (Å²) in [6.45, 7) is 13.6. The first-order chi connectivity index (χ1) is 16.6. The second kappa shape index (κ2) is 7.69. The van der Waals surface area contributed by atoms with Crippen molar-refractivity contribution >= 4 is 48.6 Å². The standard InChI is InChI=1S/C30H30N2OSi2/c1-19-7-11-21(12-8-19)29-25-15-23-17-27-28(35(5,6)33-34(27,3)4)18-24(23)16-26(25)30(32-31-29)22-13-9-20(2)10-14-22/h7-18H,1-6H3. The first-order valence-electron chi connectivity index (χ1n) is 12.3. The Labute approximate surface area is 209 Å². The number of aryl methyl sites for hydroxylation is 2. The smallest absolute Gasteiger partial charge is 0.206 e. The van der Waals surface area contributed by atoms with Crippen molar-refractivity contribution in [3.63, 3.8) is 0 Å². The van der Waals surface area contributed by atoms with Crippen molar-refractivity contribution < 1.29 is 4.12 Å². The molecule has 0 N–H and O–H groups in total. The lowest BCUT2D eigenvalue weighted by Gasteiger charge is -2.22. The van der Waals surface area contributed by atoms with E-state index in [1.165, 1.54) is 32.3 Å². The van der Waals surface area contributed by atoms with Crippen LogP contribution in [0.2, 0.25) is 26.2 Å². The summed E-state index contributed by atoms with van der Waals surface area (Å²) in [6, 6.07) is 26.6. The maximum absolute atomic E-state index is 6.74. The molecule has 1 aliphatic heterocycles. The van der Waals surface area contributed by atoms with Crippen LogP contribution in [-0.2, 0) is 4.12 Å². The largest absolute Gasteiger partial charge is 0.449 e. The number of hydrogen-bond acceptors (Lipinski definition) is 3. The number of nitrogens with zero attached hydrogens (tertiary/aromatic N) is 2. The average Bonchev–Trinajstić information content (AvgIpc) is 3.00. The van der Waals surface area contributed by atoms with Crippen LogP contribution in [0, 0.1) is 13.8 Å². The minimum absolute atomic E-state index is 0.931. The minimum Gasteiger partial charge on any atom is -0.449 e. The Hall–Kier alpha value is -3.13. The summed E-state index contributed by atoms with van der Waals surface area (Å²) in [4.78, 5) is 0. The fourth-order valence-electron chi connectivity index (χ4n) is 5.54. The second-order valence-electron chi connectivity index (χ2n) is 10.9. The zero-order valence-electron chi connectivity index (χ0n) is 21.2. The first kappa shape index (κ1) is 22.3. The molecule has 1 aliphatic rings. The lowest BCUT2D eigenvalue weighted by Crippen LogP contribution is -2.43. The van der Waals surface area contributed by atoms with E-state index >= 15 is 0 Å². The Balaban J connectivity index is 1.69. The molecule has 0 aliphatic carbocycles. The third-order valence-corrected chi connectivity index (χ3v) is 15.1. The Morgan fingerprint density at radius 1 is 0.543 bits per heavy atom. The van der Waals surface area contributed by atoms with Crippen LogP contribution >= 0.6 is 0 Å². The molecule has 0 bridgehead atoms. The Morgan fingerprint density at radius 2 is 0.914 bits per heavy atom. The molecule has 5 heteroatoms. The highest BCUT2D eigenvalue weighted by Crippen LogP contribution is 2.36. The summed E-state index contributed by atoms with van der Waals surface area (Å²) in [7, 11) is -3.80. The van der Waals surface area contributed by atoms with Crippen molar-refractivity contribution in [1.82, 2.24) is 10.2 Å². The normalized spacial score (nSPS) is 16.1. The molecule has 0 saturated carbocycles. The van der Waals surface area contributed by atoms with Gasteiger partial charge in [-0.05, 0) is 73.3 Å². The molecular formula is C30H30N2OSi2. The van der Waals surface area contributed by atoms with E-state index in [0.29, 0.717) is 0 Å². The third kappa shape index (κ3) is 3.66. The van der Waals surface area contributed by atoms with Gasteiger partial charge in [-0.15, -0.1) is 10.2 Å². The minimum atomic E-state index is -1.90. The highest BCUT2D eigenvalue weighted by atomic mass is 28.4. The zero-order chi connectivity index (χ0) is 24.5. The molecule has 0 saturated heterocycles. The van der Waals surface area contributed by atoms with Crippen LogP contribution in [0.3, 0.4) is 0 Å². The summed E-state index contributed by atoms with van der Waals surface area (Å²) in [5, 5.41) is 17.3. The number of rotatable bonds is 2. The van der Waals surface area contributed by atoms with E-state index in [1.54, 1.807) is 0 Å². The SMILES string of the molecule is Cc1ccc(-c2nnc(-c3ccc(C)cc3)c3cc4cc5c(cc4cc23)[Si](C)(C)O[Si]5(C)C)cc1. The predicted molar refractivity (Wildman–Crippen MR) is 153 cm³/mol. The lowest BCUT2D eigenvalue weighted by molar-refractivity contribution is 0.583. The molecule has 0 amide bonds. The second-order valence-corrected chi connectivity index (χ2v) is 18.8. The van der Waals surface area contributed by atoms with Gasteiger partial charge >= 0.3 is 0 Å². The highest BCUT2D eigenvalue weighted by Gasteiger charge is 2.46. The van der Waals surface area contributed by atoms with Crippen LogP contribution in [0.15, 0.2) is 72.8 Å². The van der Waals surface area contributed by atoms with Gasteiger partial charge in [0.15, 0.2) is 0 Å². The van der Waals surface area contributed by atoms with Crippen molar-refractivity contribution in [2.24, 2.45) is 0 Å². The van der Waals surface area contributed by atoms with E-state index in [1.807, 2.05) is 0 Å². The summed E-state index contributed by atoms with van der Waals surface area (Å²) in [5.41, 5.74) is 6.53. The van der Waals surface area contributed by atoms with Gasteiger partial charge in [-0.2, -0.15) is 0 Å². The van der Waals surface area contributed by atoms with Gasteiger partial charge in [-0.25, -0.2) is 0 Å². The number of hydrogen-bond donors (Lipinski definition) is 0. The average molecular weight is 491 g/mol. The molecule has 0 fully saturated rings. The van der Waals surface area contributed by atoms with Crippen molar-refractivity contribution in [1.29, 1.82) is 0 Å². The topological polar surface area (TPSA) is 35.0 Å². The highest BCUT2D eigenvalue weighted by molar-refractivity contribution is 7.06. The maximum Gasteiger partial charge on any atom is 0.206 e. The van der Waals surface area contributed by atoms with E-state index in [2.05, 4.69) is 113 Å². The van der Waals surface area contributed by atoms with Crippen LogP contribution in [-0.4, -0.2) is 26.8 Å². The molecule has 0 radical (unpaired) electrons. The van der Waals surface area contributed by atoms with Crippen LogP contribution in [0.5, 0.6) is 0 Å². The van der Waals surface area contributed by atoms with E-state index in [-0.39, 0.29) is 0 Å². The van der Waals surface area contributed by atoms with Crippen molar-refractivity contribution in [3.05, 3.63) is 83.9 Å². The molecular weight excluding hydrogens is 461 g/mol. The molecule has 35 heavy (non-hydrogen) atoms. The monoisotopic (exact) mass is 490 g/mol. The number of aromatic nitrogens is 2. The molecule has 174 valence electrons. The predicted octanol–water partition coefficient (Wildman–Crippen LogP) is 6.59. The van der Waals surface area contributed by atoms with Gasteiger partial charge in [0.05, 0.1) is 0 Å². The van der Waals surface area contributed by atoms with Gasteiger partial charge in [0.2, 0.25) is 16.6 Å². The van der Waals surface area contributed by atoms with E-state index in [4.69, 9.17) is 14.3 Å². The summed E-state index contributed by atoms with van der Waals surface area (Å²) in [6.07, 6.45) is 0. The van der Waals surface area contributed by atoms with Gasteiger partial charge in [0.1, 0.15) is 11.4 Å². The maximum atomic E-state index is 6.74. The molecule has 2 heterocycles. The third-order valence-electron chi connectivity index (χ3n) is 7.33. The zero-order valence-corrected chi connectivity index (χ0v) is 23.2. The van der Waals surface area contributed by atoms with Crippen LogP contribution in [0.4, 0.5) is 0 Å². The molecule has 6 rings (SSSR count). The Morgan fingerprint density at radius 3 is 1.29 bits per heavy atom. The van der Waals surface area contributed by atoms with E-state index in [0.717, 1.165) is 33.3 Å². The molecule has 0 atom stereocenters. The van der Waals surface area contributed by atoms with E-state index in [9.17, 15) is 0 Å². The quantitative estimate of drug-likeness (QED) is 0.207. The van der Waals surface area contributed by atoms with Crippen molar-refractivity contribution in [2.75, 3.05) is 0 Å². The molecule has 3 nitrogen and oxygen atoms in total. The number of fused-ring (bicyclic) bond motifs is 3. The van der Waals surface area contributed by atoms with Gasteiger partial charge in [-0.3, -0.25) is 0 Å². The molecule has 1 aromatic heterocycles. The van der Waals surface area contributed by atoms with Crippen molar-refractivity contribution in [2.45, 2.75) is 40.0 Å². The fraction of sp³-hybridized carbons (Fsp3) is 0.200. The lowest BCUT2D eigenvalue weighted by atomic mass is 9.96. The van der Waals surface area contributed by atoms with Gasteiger partial charge in [-0.1, -0.05) is 71.8 Å². The molecule has 5 aromatic rings. The summed E-state index contributed by atoms with van der Waals surface area (Å²) < 4.78 is 6.74. The summed E-state index contributed by atoms with van der Waals surface area (Å²) in [5.74, 6) is 0.